The Hall–Kier alpha value is -9.95. The number of rotatable bonds is 39. The number of benzene rings is 5. The highest BCUT2D eigenvalue weighted by molar-refractivity contribution is 7.89. The first-order chi connectivity index (χ1) is 62.3. The van der Waals surface area contributed by atoms with Crippen molar-refractivity contribution in [3.63, 3.8) is 0 Å². The second-order valence-electron chi connectivity index (χ2n) is 33.8. The van der Waals surface area contributed by atoms with E-state index in [9.17, 15) is 39.6 Å². The summed E-state index contributed by atoms with van der Waals surface area (Å²) in [6.07, 6.45) is 2.76. The van der Waals surface area contributed by atoms with Crippen molar-refractivity contribution in [1.82, 2.24) is 42.2 Å². The molecule has 4 aromatic heterocycles. The first-order valence-corrected chi connectivity index (χ1v) is 49.7. The Labute approximate surface area is 780 Å². The minimum atomic E-state index is -4.31. The van der Waals surface area contributed by atoms with E-state index in [1.807, 2.05) is 101 Å². The van der Waals surface area contributed by atoms with Gasteiger partial charge in [-0.1, -0.05) is 61.3 Å². The van der Waals surface area contributed by atoms with E-state index in [-0.39, 0.29) is 111 Å². The van der Waals surface area contributed by atoms with Crippen LogP contribution in [0.4, 0.5) is 34.5 Å². The van der Waals surface area contributed by atoms with Gasteiger partial charge in [0.05, 0.1) is 126 Å². The Morgan fingerprint density at radius 2 is 0.878 bits per heavy atom. The standard InChI is InChI=1S/C30H40N6O7S2.C30H42N6O7S2.C25H33ClN6O7S2/c1-30(2,3)32-19-23(20-41-28-27(33-44-34-28)36-13-15-40-16-14-36)43-29(37)21-17-24(35-11-7-8-12-35)26(25(18-21)45(31,38)39)42-22-9-5-4-6-10-22;1-5-6-12-32-24-17-21(18-25(45(31,38)39)26(24)42-22-10-8-7-9-11-22)29(37)43-23(19-33-30(2,3)4)20-41-28-27(34-44-35-28)36-13-15-40-16-14-36;1-25(2,3)29-14-17(15-38-23-22(30-40-31-23)32-6-9-36-10-7-32)39-24(33)18-11-21(41(27,34)35)19(26)12-20(18)28-13-16-5-4-8-37-16/h4-6,9-10,17-18,23,32H,7-8,11-16,19-20H2,1-3H3,(H2,31,38,39);7-11,17-18,23,32-33H,5-6,12-16,19-20H2,1-4H3,(H2,31,38,39);4-5,8,11-12,17,28-29H,6-7,9-10,13-15H2,1-3H3,(H2,27,34,35)/t2*23-;17-/m000/s1. The Bertz CT molecular complexity index is 5550. The van der Waals surface area contributed by atoms with Gasteiger partial charge in [0.25, 0.3) is 17.6 Å². The summed E-state index contributed by atoms with van der Waals surface area (Å²) >= 11 is 9.32. The number of esters is 3. The van der Waals surface area contributed by atoms with Crippen molar-refractivity contribution >= 4 is 129 Å². The van der Waals surface area contributed by atoms with Crippen LogP contribution in [-0.2, 0) is 65.0 Å². The van der Waals surface area contributed by atoms with Crippen LogP contribution < -0.4 is 85.3 Å². The molecule has 0 radical (unpaired) electrons. The summed E-state index contributed by atoms with van der Waals surface area (Å²) in [7, 11) is -12.8. The van der Waals surface area contributed by atoms with Crippen LogP contribution in [0.5, 0.6) is 40.6 Å². The van der Waals surface area contributed by atoms with Gasteiger partial charge in [0.2, 0.25) is 47.5 Å². The lowest BCUT2D eigenvalue weighted by Gasteiger charge is -2.28. The average Bonchev–Trinajstić information content (AvgIpc) is 1.76. The van der Waals surface area contributed by atoms with Crippen molar-refractivity contribution in [1.29, 1.82) is 0 Å². The third-order valence-electron chi connectivity index (χ3n) is 19.9. The molecule has 0 amide bonds. The minimum Gasteiger partial charge on any atom is -0.470 e. The summed E-state index contributed by atoms with van der Waals surface area (Å²) in [6.45, 7) is 30.2. The number of morpholine rings is 3. The number of hydrogen-bond donors (Lipinski definition) is 8. The van der Waals surface area contributed by atoms with Gasteiger partial charge in [-0.05, 0) is 154 Å². The normalized spacial score (nSPS) is 15.3. The number of furan rings is 1. The van der Waals surface area contributed by atoms with Gasteiger partial charge in [0.15, 0.2) is 11.5 Å². The van der Waals surface area contributed by atoms with E-state index in [0.717, 1.165) is 66.9 Å². The molecule has 5 aromatic carbocycles. The molecule has 714 valence electrons. The number of carbonyl (C=O) groups is 3. The zero-order chi connectivity index (χ0) is 94.1. The molecule has 4 aliphatic rings. The fraction of sp³-hybridized carbons (Fsp3) is 0.494. The zero-order valence-electron chi connectivity index (χ0n) is 74.7. The number of anilines is 6. The third kappa shape index (κ3) is 31.3. The van der Waals surface area contributed by atoms with Gasteiger partial charge in [-0.25, -0.2) is 55.1 Å². The topological polar surface area (TPSA) is 497 Å². The molecule has 4 fully saturated rings. The fourth-order valence-electron chi connectivity index (χ4n) is 13.2. The lowest BCUT2D eigenvalue weighted by atomic mass is 10.1. The molecule has 9 aromatic rings. The molecule has 11 N–H and O–H groups in total. The Kier molecular flexibility index (Phi) is 36.5. The van der Waals surface area contributed by atoms with E-state index in [0.29, 0.717) is 162 Å². The highest BCUT2D eigenvalue weighted by atomic mass is 35.5. The van der Waals surface area contributed by atoms with E-state index in [1.165, 1.54) is 30.5 Å². The Morgan fingerprint density at radius 3 is 1.27 bits per heavy atom. The maximum Gasteiger partial charge on any atom is 0.340 e. The number of halogens is 1. The number of ether oxygens (including phenoxy) is 11. The lowest BCUT2D eigenvalue weighted by molar-refractivity contribution is 0.0151. The van der Waals surface area contributed by atoms with Gasteiger partial charge in [-0.3, -0.25) is 0 Å². The number of nitrogens with zero attached hydrogens (tertiary/aromatic N) is 10. The molecule has 131 heavy (non-hydrogen) atoms. The molecule has 0 unspecified atom stereocenters. The largest absolute Gasteiger partial charge is 0.470 e. The van der Waals surface area contributed by atoms with Crippen LogP contribution in [0.15, 0.2) is 135 Å². The van der Waals surface area contributed by atoms with E-state index in [2.05, 4.69) is 52.8 Å². The van der Waals surface area contributed by atoms with Crippen LogP contribution in [0, 0.1) is 0 Å². The van der Waals surface area contributed by atoms with Crippen LogP contribution in [-0.4, -0.2) is 242 Å². The predicted octanol–water partition coefficient (Wildman–Crippen LogP) is 10.3. The second kappa shape index (κ2) is 47.1. The third-order valence-corrected chi connectivity index (χ3v) is 24.6. The van der Waals surface area contributed by atoms with Gasteiger partial charge in [0, 0.05) is 95.2 Å². The zero-order valence-corrected chi connectivity index (χ0v) is 80.3. The lowest BCUT2D eigenvalue weighted by Crippen LogP contribution is -2.44. The summed E-state index contributed by atoms with van der Waals surface area (Å²) in [5, 5.41) is 32.8. The highest BCUT2D eigenvalue weighted by Crippen LogP contribution is 2.43. The van der Waals surface area contributed by atoms with E-state index < -0.39 is 71.2 Å². The number of carbonyl (C=O) groups excluding carboxylic acids is 3. The summed E-state index contributed by atoms with van der Waals surface area (Å²) in [6, 6.07) is 29.0. The minimum absolute atomic E-state index is 0.00249. The molecule has 0 spiro atoms. The summed E-state index contributed by atoms with van der Waals surface area (Å²) in [4.78, 5) is 47.9. The van der Waals surface area contributed by atoms with Crippen molar-refractivity contribution in [2.24, 2.45) is 15.4 Å². The van der Waals surface area contributed by atoms with Gasteiger partial charge in [-0.15, -0.1) is 13.1 Å². The molecule has 4 aliphatic heterocycles. The quantitative estimate of drug-likeness (QED) is 0.0101. The Morgan fingerprint density at radius 1 is 0.473 bits per heavy atom. The second-order valence-corrected chi connectivity index (χ2v) is 40.3. The van der Waals surface area contributed by atoms with Crippen LogP contribution in [0.25, 0.3) is 0 Å². The van der Waals surface area contributed by atoms with Crippen LogP contribution in [0.1, 0.15) is 132 Å². The maximum atomic E-state index is 13.7. The number of unbranched alkanes of at least 4 members (excludes halogenated alkanes) is 1. The van der Waals surface area contributed by atoms with E-state index >= 15 is 0 Å². The van der Waals surface area contributed by atoms with Crippen LogP contribution in [0.2, 0.25) is 5.02 Å². The summed E-state index contributed by atoms with van der Waals surface area (Å²) in [5.74, 6) is 2.11. The first-order valence-electron chi connectivity index (χ1n) is 42.5. The Balaban J connectivity index is 0.000000190. The summed E-state index contributed by atoms with van der Waals surface area (Å²) in [5.41, 5.74) is 0.110. The maximum absolute atomic E-state index is 13.7. The molecule has 4 saturated heterocycles. The molecular formula is C85H115ClN18O21S6. The molecule has 46 heteroatoms. The van der Waals surface area contributed by atoms with Gasteiger partial charge in [-0.2, -0.15) is 13.1 Å². The number of nitrogens with two attached hydrogens (primary N) is 3. The SMILES string of the molecule is CC(C)(C)NC[C@@H](COc1nsnc1N1CCOCC1)OC(=O)c1cc(N2CCCC2)c(Oc2ccccc2)c(S(N)(=O)=O)c1.CC(C)(C)NC[C@@H](COc1nsnc1N1CCOCC1)OC(=O)c1cc(S(N)(=O)=O)c(Cl)cc1NCc1ccco1.CCCCNc1cc(C(=O)O[C@@H](CNC(C)(C)C)COc2nsnc2N2CCOCC2)cc(S(N)(=O)=O)c1Oc1ccccc1. The molecule has 13 rings (SSSR count). The monoisotopic (exact) mass is 1950 g/mol. The van der Waals surface area contributed by atoms with Crippen molar-refractivity contribution < 1.29 is 96.2 Å². The van der Waals surface area contributed by atoms with Crippen LogP contribution in [0.3, 0.4) is 0 Å². The molecule has 0 saturated carbocycles. The van der Waals surface area contributed by atoms with Crippen molar-refractivity contribution in [2.45, 2.75) is 151 Å². The molecule has 39 nitrogen and oxygen atoms in total. The first kappa shape index (κ1) is 102. The van der Waals surface area contributed by atoms with Crippen molar-refractivity contribution in [3.8, 4) is 40.6 Å². The molecule has 0 aliphatic carbocycles. The van der Waals surface area contributed by atoms with Crippen LogP contribution >= 0.6 is 46.8 Å². The summed E-state index contributed by atoms with van der Waals surface area (Å²) < 4.78 is 171. The van der Waals surface area contributed by atoms with Gasteiger partial charge >= 0.3 is 17.9 Å². The van der Waals surface area contributed by atoms with Gasteiger partial charge in [0.1, 0.15) is 70.1 Å². The number of para-hydroxylation sites is 2. The molecular weight excluding hydrogens is 1840 g/mol. The van der Waals surface area contributed by atoms with E-state index in [1.54, 1.807) is 66.7 Å². The van der Waals surface area contributed by atoms with Crippen molar-refractivity contribution in [2.75, 3.05) is 168 Å². The van der Waals surface area contributed by atoms with E-state index in [4.69, 9.17) is 83.5 Å². The predicted molar refractivity (Wildman–Crippen MR) is 499 cm³/mol. The molecule has 3 atom stereocenters. The van der Waals surface area contributed by atoms with Gasteiger partial charge < -0.3 is 103 Å². The fourth-order valence-corrected chi connectivity index (χ4v) is 17.3. The highest BCUT2D eigenvalue weighted by Gasteiger charge is 2.35. The molecule has 0 bridgehead atoms. The average molecular weight is 1950 g/mol. The number of hydrogen-bond acceptors (Lipinski definition) is 39. The number of primary sulfonamides is 3. The number of aromatic nitrogens is 6. The number of nitrogens with one attached hydrogen (secondary N) is 5. The number of sulfonamides is 3. The van der Waals surface area contributed by atoms with Crippen molar-refractivity contribution in [3.05, 3.63) is 143 Å². The smallest absolute Gasteiger partial charge is 0.340 e. The molecule has 8 heterocycles.